The van der Waals surface area contributed by atoms with Crippen LogP contribution in [0.2, 0.25) is 0 Å². The molecular formula is C26H34N2O4S. The quantitative estimate of drug-likeness (QED) is 0.297. The molecule has 1 heterocycles. The average Bonchev–Trinajstić information content (AvgIpc) is 2.80. The van der Waals surface area contributed by atoms with Gasteiger partial charge in [0.05, 0.1) is 16.1 Å². The number of hydrogen-bond donors (Lipinski definition) is 1. The highest BCUT2D eigenvalue weighted by Crippen LogP contribution is 2.26. The van der Waals surface area contributed by atoms with Gasteiger partial charge in [0, 0.05) is 19.1 Å². The summed E-state index contributed by atoms with van der Waals surface area (Å²) in [4.78, 5) is 13.2. The summed E-state index contributed by atoms with van der Waals surface area (Å²) in [5, 5.41) is 12.3. The lowest BCUT2D eigenvalue weighted by molar-refractivity contribution is -0.614. The Labute approximate surface area is 197 Å². The number of carbonyl (C=O) groups is 1. The van der Waals surface area contributed by atoms with Crippen molar-refractivity contribution >= 4 is 21.5 Å². The Kier molecular flexibility index (Phi) is 10.3. The molecule has 0 spiro atoms. The van der Waals surface area contributed by atoms with Crippen LogP contribution in [0.15, 0.2) is 59.5 Å². The predicted octanol–water partition coefficient (Wildman–Crippen LogP) is 5.64. The van der Waals surface area contributed by atoms with E-state index in [2.05, 4.69) is 4.72 Å². The Morgan fingerprint density at radius 2 is 1.39 bits per heavy atom. The molecule has 1 N–H and O–H groups in total. The number of carbonyl (C=O) groups excluding carboxylic acids is 1. The molecule has 0 saturated heterocycles. The first-order valence-corrected chi connectivity index (χ1v) is 12.5. The molecule has 0 amide bonds. The van der Waals surface area contributed by atoms with Crippen LogP contribution in [0.1, 0.15) is 66.1 Å². The van der Waals surface area contributed by atoms with E-state index >= 15 is 0 Å². The fraction of sp³-hybridized carbons (Fsp3) is 0.308. The summed E-state index contributed by atoms with van der Waals surface area (Å²) in [6, 6.07) is 14.3. The molecule has 0 aliphatic rings. The van der Waals surface area contributed by atoms with E-state index in [0.717, 1.165) is 16.7 Å². The van der Waals surface area contributed by atoms with Crippen molar-refractivity contribution in [3.63, 3.8) is 0 Å². The zero-order valence-electron chi connectivity index (χ0n) is 20.7. The zero-order valence-corrected chi connectivity index (χ0v) is 21.5. The Hall–Kier alpha value is -3.19. The predicted molar refractivity (Wildman–Crippen MR) is 134 cm³/mol. The van der Waals surface area contributed by atoms with Crippen LogP contribution in [0, 0.1) is 32.9 Å². The molecule has 1 aromatic heterocycles. The fourth-order valence-electron chi connectivity index (χ4n) is 2.92. The number of ketones is 1. The SMILES string of the molecule is CC.CC.Cc1ccc(S(=O)(=O)Nc2cc(C)c(C)cc2C(=O)c2cccc(C)[n+]2[O-])cc1. The van der Waals surface area contributed by atoms with Crippen molar-refractivity contribution in [1.82, 2.24) is 0 Å². The number of nitrogens with zero attached hydrogens (tertiary/aromatic N) is 1. The monoisotopic (exact) mass is 470 g/mol. The number of pyridine rings is 1. The van der Waals surface area contributed by atoms with Gasteiger partial charge in [-0.25, -0.2) is 8.42 Å². The molecule has 33 heavy (non-hydrogen) atoms. The molecule has 0 aliphatic heterocycles. The number of hydrogen-bond acceptors (Lipinski definition) is 4. The van der Waals surface area contributed by atoms with Crippen LogP contribution in [0.3, 0.4) is 0 Å². The third kappa shape index (κ3) is 6.65. The summed E-state index contributed by atoms with van der Waals surface area (Å²) >= 11 is 0. The molecule has 0 bridgehead atoms. The lowest BCUT2D eigenvalue weighted by atomic mass is 9.99. The van der Waals surface area contributed by atoms with Crippen LogP contribution < -0.4 is 9.45 Å². The molecule has 0 fully saturated rings. The van der Waals surface area contributed by atoms with Gasteiger partial charge in [0.25, 0.3) is 21.5 Å². The Morgan fingerprint density at radius 1 is 0.848 bits per heavy atom. The van der Waals surface area contributed by atoms with Crippen molar-refractivity contribution in [2.75, 3.05) is 4.72 Å². The summed E-state index contributed by atoms with van der Waals surface area (Å²) in [7, 11) is -3.90. The van der Waals surface area contributed by atoms with Crippen LogP contribution in [-0.2, 0) is 10.0 Å². The number of aryl methyl sites for hydroxylation is 4. The topological polar surface area (TPSA) is 90.2 Å². The van der Waals surface area contributed by atoms with E-state index < -0.39 is 15.8 Å². The smallest absolute Gasteiger partial charge is 0.265 e. The van der Waals surface area contributed by atoms with Crippen molar-refractivity contribution in [3.8, 4) is 0 Å². The highest BCUT2D eigenvalue weighted by Gasteiger charge is 2.25. The molecule has 0 saturated carbocycles. The van der Waals surface area contributed by atoms with Gasteiger partial charge in [0.1, 0.15) is 0 Å². The van der Waals surface area contributed by atoms with Gasteiger partial charge in [-0.1, -0.05) is 45.4 Å². The van der Waals surface area contributed by atoms with E-state index in [1.165, 1.54) is 18.2 Å². The van der Waals surface area contributed by atoms with E-state index in [4.69, 9.17) is 0 Å². The molecule has 178 valence electrons. The Bertz CT molecular complexity index is 1200. The number of sulfonamides is 1. The van der Waals surface area contributed by atoms with Crippen molar-refractivity contribution in [1.29, 1.82) is 0 Å². The molecule has 7 heteroatoms. The van der Waals surface area contributed by atoms with E-state index in [0.29, 0.717) is 10.4 Å². The number of aromatic nitrogens is 1. The van der Waals surface area contributed by atoms with Crippen LogP contribution >= 0.6 is 0 Å². The molecule has 3 rings (SSSR count). The van der Waals surface area contributed by atoms with E-state index in [1.807, 2.05) is 48.5 Å². The summed E-state index contributed by atoms with van der Waals surface area (Å²) in [6.07, 6.45) is 0. The van der Waals surface area contributed by atoms with E-state index in [9.17, 15) is 18.4 Å². The highest BCUT2D eigenvalue weighted by molar-refractivity contribution is 7.92. The summed E-state index contributed by atoms with van der Waals surface area (Å²) < 4.78 is 28.8. The normalized spacial score (nSPS) is 10.3. The molecule has 2 aromatic carbocycles. The number of nitrogens with one attached hydrogen (secondary N) is 1. The minimum atomic E-state index is -3.90. The van der Waals surface area contributed by atoms with Crippen molar-refractivity contribution in [3.05, 3.63) is 93.4 Å². The van der Waals surface area contributed by atoms with Gasteiger partial charge in [-0.05, 0) is 62.2 Å². The number of rotatable bonds is 5. The van der Waals surface area contributed by atoms with Gasteiger partial charge in [-0.3, -0.25) is 9.52 Å². The van der Waals surface area contributed by atoms with Gasteiger partial charge in [0.15, 0.2) is 5.69 Å². The number of anilines is 1. The van der Waals surface area contributed by atoms with E-state index in [-0.39, 0.29) is 21.8 Å². The molecule has 0 aliphatic carbocycles. The molecule has 6 nitrogen and oxygen atoms in total. The first-order chi connectivity index (χ1) is 15.6. The highest BCUT2D eigenvalue weighted by atomic mass is 32.2. The van der Waals surface area contributed by atoms with Crippen molar-refractivity contribution in [2.45, 2.75) is 60.3 Å². The maximum absolute atomic E-state index is 13.1. The maximum Gasteiger partial charge on any atom is 0.265 e. The molecular weight excluding hydrogens is 436 g/mol. The number of benzene rings is 2. The van der Waals surface area contributed by atoms with Gasteiger partial charge < -0.3 is 5.21 Å². The van der Waals surface area contributed by atoms with Crippen LogP contribution in [0.5, 0.6) is 0 Å². The zero-order chi connectivity index (χ0) is 25.3. The van der Waals surface area contributed by atoms with Gasteiger partial charge >= 0.3 is 0 Å². The molecule has 3 aromatic rings. The molecule has 0 radical (unpaired) electrons. The fourth-order valence-corrected chi connectivity index (χ4v) is 3.99. The molecule has 0 atom stereocenters. The first-order valence-electron chi connectivity index (χ1n) is 11.0. The lowest BCUT2D eigenvalue weighted by Gasteiger charge is -2.15. The van der Waals surface area contributed by atoms with Gasteiger partial charge in [-0.15, -0.1) is 0 Å². The third-order valence-electron chi connectivity index (χ3n) is 4.82. The second-order valence-electron chi connectivity index (χ2n) is 7.08. The van der Waals surface area contributed by atoms with Gasteiger partial charge in [0.2, 0.25) is 0 Å². The maximum atomic E-state index is 13.1. The summed E-state index contributed by atoms with van der Waals surface area (Å²) in [6.45, 7) is 15.1. The average molecular weight is 471 g/mol. The minimum absolute atomic E-state index is 0.0657. The van der Waals surface area contributed by atoms with Crippen LogP contribution in [0.4, 0.5) is 5.69 Å². The minimum Gasteiger partial charge on any atom is -0.618 e. The largest absolute Gasteiger partial charge is 0.618 e. The second-order valence-corrected chi connectivity index (χ2v) is 8.76. The first kappa shape index (κ1) is 27.8. The standard InChI is InChI=1S/C22H22N2O4S.2C2H6/c1-14-8-10-18(11-9-14)29(27,28)23-20-13-16(3)15(2)12-19(20)22(25)21-7-5-6-17(4)24(21)26;2*1-2/h5-13,23H,1-4H3;2*1-2H3. The van der Waals surface area contributed by atoms with Gasteiger partial charge in [-0.2, -0.15) is 4.73 Å². The second kappa shape index (κ2) is 12.2. The van der Waals surface area contributed by atoms with Crippen molar-refractivity contribution in [2.24, 2.45) is 0 Å². The summed E-state index contributed by atoms with van der Waals surface area (Å²) in [5.41, 5.74) is 3.15. The van der Waals surface area contributed by atoms with Crippen LogP contribution in [0.25, 0.3) is 0 Å². The van der Waals surface area contributed by atoms with Crippen LogP contribution in [-0.4, -0.2) is 14.2 Å². The Morgan fingerprint density at radius 3 is 1.97 bits per heavy atom. The Balaban J connectivity index is 0.00000129. The lowest BCUT2D eigenvalue weighted by Crippen LogP contribution is -2.37. The van der Waals surface area contributed by atoms with E-state index in [1.54, 1.807) is 43.3 Å². The van der Waals surface area contributed by atoms with Crippen molar-refractivity contribution < 1.29 is 17.9 Å². The molecule has 0 unspecified atom stereocenters. The summed E-state index contributed by atoms with van der Waals surface area (Å²) in [5.74, 6) is -0.548. The third-order valence-corrected chi connectivity index (χ3v) is 6.20.